The van der Waals surface area contributed by atoms with Crippen LogP contribution in [0.3, 0.4) is 0 Å². The molecule has 1 aliphatic heterocycles. The van der Waals surface area contributed by atoms with E-state index in [1.807, 2.05) is 19.1 Å². The summed E-state index contributed by atoms with van der Waals surface area (Å²) in [6.07, 6.45) is 0.0560. The summed E-state index contributed by atoms with van der Waals surface area (Å²) in [5, 5.41) is 2.71. The third kappa shape index (κ3) is 5.62. The SMILES string of the molecule is CCCNC(=O)[C@H](C)OC(=O)c1ccc(C[NH+]2CCOCC2)cc1. The molecule has 6 nitrogen and oxygen atoms in total. The molecule has 1 aliphatic rings. The second-order valence-electron chi connectivity index (χ2n) is 6.07. The van der Waals surface area contributed by atoms with Gasteiger partial charge < -0.3 is 19.7 Å². The first-order valence-electron chi connectivity index (χ1n) is 8.59. The molecule has 0 bridgehead atoms. The lowest BCUT2D eigenvalue weighted by molar-refractivity contribution is -0.921. The number of esters is 1. The van der Waals surface area contributed by atoms with Gasteiger partial charge in [-0.2, -0.15) is 0 Å². The highest BCUT2D eigenvalue weighted by atomic mass is 16.5. The summed E-state index contributed by atoms with van der Waals surface area (Å²) in [5.41, 5.74) is 1.64. The van der Waals surface area contributed by atoms with Crippen molar-refractivity contribution in [2.45, 2.75) is 32.9 Å². The van der Waals surface area contributed by atoms with E-state index < -0.39 is 12.1 Å². The van der Waals surface area contributed by atoms with E-state index in [0.717, 1.165) is 39.3 Å². The zero-order chi connectivity index (χ0) is 17.4. The highest BCUT2D eigenvalue weighted by Crippen LogP contribution is 2.07. The lowest BCUT2D eigenvalue weighted by Crippen LogP contribution is -3.12. The van der Waals surface area contributed by atoms with Crippen LogP contribution in [0, 0.1) is 0 Å². The molecule has 1 heterocycles. The smallest absolute Gasteiger partial charge is 0.338 e. The van der Waals surface area contributed by atoms with Gasteiger partial charge in [-0.3, -0.25) is 4.79 Å². The largest absolute Gasteiger partial charge is 0.449 e. The summed E-state index contributed by atoms with van der Waals surface area (Å²) in [4.78, 5) is 25.3. The molecular weight excluding hydrogens is 308 g/mol. The normalized spacial score (nSPS) is 16.4. The summed E-state index contributed by atoms with van der Waals surface area (Å²) >= 11 is 0. The van der Waals surface area contributed by atoms with Crippen LogP contribution >= 0.6 is 0 Å². The van der Waals surface area contributed by atoms with E-state index in [0.29, 0.717) is 12.1 Å². The van der Waals surface area contributed by atoms with Crippen LogP contribution in [0.5, 0.6) is 0 Å². The first-order valence-corrected chi connectivity index (χ1v) is 8.59. The van der Waals surface area contributed by atoms with Crippen molar-refractivity contribution in [3.63, 3.8) is 0 Å². The van der Waals surface area contributed by atoms with Crippen LogP contribution < -0.4 is 10.2 Å². The monoisotopic (exact) mass is 335 g/mol. The van der Waals surface area contributed by atoms with Gasteiger partial charge in [0.25, 0.3) is 5.91 Å². The average molecular weight is 335 g/mol. The van der Waals surface area contributed by atoms with Crippen LogP contribution in [0.4, 0.5) is 0 Å². The fourth-order valence-corrected chi connectivity index (χ4v) is 2.56. The van der Waals surface area contributed by atoms with Crippen LogP contribution in [0.15, 0.2) is 24.3 Å². The van der Waals surface area contributed by atoms with Crippen LogP contribution in [0.25, 0.3) is 0 Å². The minimum Gasteiger partial charge on any atom is -0.449 e. The topological polar surface area (TPSA) is 69.1 Å². The Morgan fingerprint density at radius 3 is 2.54 bits per heavy atom. The average Bonchev–Trinajstić information content (AvgIpc) is 2.61. The quantitative estimate of drug-likeness (QED) is 0.697. The standard InChI is InChI=1S/C18H26N2O4/c1-3-8-19-17(21)14(2)24-18(22)16-6-4-15(5-7-16)13-20-9-11-23-12-10-20/h4-7,14H,3,8-13H2,1-2H3,(H,19,21)/p+1/t14-/m0/s1. The van der Waals surface area contributed by atoms with Gasteiger partial charge in [0.05, 0.1) is 18.8 Å². The van der Waals surface area contributed by atoms with Gasteiger partial charge in [-0.1, -0.05) is 19.1 Å². The Hall–Kier alpha value is -1.92. The van der Waals surface area contributed by atoms with Gasteiger partial charge in [0.1, 0.15) is 19.6 Å². The maximum absolute atomic E-state index is 12.1. The van der Waals surface area contributed by atoms with Gasteiger partial charge in [-0.15, -0.1) is 0 Å². The van der Waals surface area contributed by atoms with Gasteiger partial charge in [-0.25, -0.2) is 4.79 Å². The summed E-state index contributed by atoms with van der Waals surface area (Å²) in [6, 6.07) is 7.41. The number of nitrogens with one attached hydrogen (secondary N) is 2. The van der Waals surface area contributed by atoms with E-state index in [2.05, 4.69) is 5.32 Å². The van der Waals surface area contributed by atoms with Gasteiger partial charge in [0, 0.05) is 12.1 Å². The molecule has 0 aromatic heterocycles. The van der Waals surface area contributed by atoms with Crippen molar-refractivity contribution in [1.29, 1.82) is 0 Å². The molecule has 0 radical (unpaired) electrons. The van der Waals surface area contributed by atoms with Gasteiger partial charge in [0.15, 0.2) is 6.10 Å². The number of quaternary nitrogens is 1. The van der Waals surface area contributed by atoms with Crippen molar-refractivity contribution in [3.8, 4) is 0 Å². The van der Waals surface area contributed by atoms with Crippen molar-refractivity contribution < 1.29 is 24.0 Å². The second-order valence-corrected chi connectivity index (χ2v) is 6.07. The molecular formula is C18H27N2O4+. The highest BCUT2D eigenvalue weighted by Gasteiger charge is 2.19. The van der Waals surface area contributed by atoms with Crippen molar-refractivity contribution in [2.75, 3.05) is 32.8 Å². The second kappa shape index (κ2) is 9.39. The maximum Gasteiger partial charge on any atom is 0.338 e. The number of morpholine rings is 1. The summed E-state index contributed by atoms with van der Waals surface area (Å²) < 4.78 is 10.6. The fraction of sp³-hybridized carbons (Fsp3) is 0.556. The molecule has 1 aromatic carbocycles. The number of carbonyl (C=O) groups is 2. The summed E-state index contributed by atoms with van der Waals surface area (Å²) in [6.45, 7) is 8.68. The Bertz CT molecular complexity index is 538. The van der Waals surface area contributed by atoms with E-state index >= 15 is 0 Å². The molecule has 2 N–H and O–H groups in total. The molecule has 0 aliphatic carbocycles. The number of rotatable bonds is 7. The molecule has 1 amide bonds. The fourth-order valence-electron chi connectivity index (χ4n) is 2.56. The lowest BCUT2D eigenvalue weighted by Gasteiger charge is -2.23. The van der Waals surface area contributed by atoms with E-state index in [9.17, 15) is 9.59 Å². The zero-order valence-corrected chi connectivity index (χ0v) is 14.5. The molecule has 1 aromatic rings. The molecule has 2 rings (SSSR count). The number of amides is 1. The molecule has 0 spiro atoms. The van der Waals surface area contributed by atoms with E-state index in [1.165, 1.54) is 10.5 Å². The van der Waals surface area contributed by atoms with Crippen molar-refractivity contribution in [2.24, 2.45) is 0 Å². The molecule has 1 saturated heterocycles. The van der Waals surface area contributed by atoms with Crippen LogP contribution in [0.1, 0.15) is 36.2 Å². The number of ether oxygens (including phenoxy) is 2. The number of hydrogen-bond donors (Lipinski definition) is 2. The Kier molecular flexibility index (Phi) is 7.21. The molecule has 1 atom stereocenters. The van der Waals surface area contributed by atoms with Crippen molar-refractivity contribution in [3.05, 3.63) is 35.4 Å². The highest BCUT2D eigenvalue weighted by molar-refractivity contribution is 5.92. The first-order chi connectivity index (χ1) is 11.6. The molecule has 0 unspecified atom stereocenters. The van der Waals surface area contributed by atoms with Gasteiger partial charge >= 0.3 is 5.97 Å². The third-order valence-corrected chi connectivity index (χ3v) is 4.05. The van der Waals surface area contributed by atoms with Crippen molar-refractivity contribution >= 4 is 11.9 Å². The summed E-state index contributed by atoms with van der Waals surface area (Å²) in [5.74, 6) is -0.739. The number of carbonyl (C=O) groups excluding carboxylic acids is 2. The lowest BCUT2D eigenvalue weighted by atomic mass is 10.1. The third-order valence-electron chi connectivity index (χ3n) is 4.05. The molecule has 0 saturated carbocycles. The first kappa shape index (κ1) is 18.4. The molecule has 24 heavy (non-hydrogen) atoms. The maximum atomic E-state index is 12.1. The molecule has 1 fully saturated rings. The van der Waals surface area contributed by atoms with Crippen LogP contribution in [0.2, 0.25) is 0 Å². The Morgan fingerprint density at radius 1 is 1.25 bits per heavy atom. The van der Waals surface area contributed by atoms with Crippen molar-refractivity contribution in [1.82, 2.24) is 5.32 Å². The molecule has 6 heteroatoms. The molecule has 132 valence electrons. The van der Waals surface area contributed by atoms with E-state index in [4.69, 9.17) is 9.47 Å². The van der Waals surface area contributed by atoms with E-state index in [-0.39, 0.29) is 5.91 Å². The van der Waals surface area contributed by atoms with E-state index in [1.54, 1.807) is 19.1 Å². The van der Waals surface area contributed by atoms with Crippen LogP contribution in [-0.2, 0) is 20.8 Å². The predicted molar refractivity (Wildman–Crippen MR) is 89.8 cm³/mol. The Balaban J connectivity index is 1.85. The van der Waals surface area contributed by atoms with Gasteiger partial charge in [-0.05, 0) is 25.5 Å². The van der Waals surface area contributed by atoms with Crippen LogP contribution in [-0.4, -0.2) is 50.8 Å². The Labute approximate surface area is 143 Å². The Morgan fingerprint density at radius 2 is 1.92 bits per heavy atom. The number of benzene rings is 1. The predicted octanol–water partition coefficient (Wildman–Crippen LogP) is 0.173. The minimum atomic E-state index is -0.790. The summed E-state index contributed by atoms with van der Waals surface area (Å²) in [7, 11) is 0. The minimum absolute atomic E-state index is 0.266. The van der Waals surface area contributed by atoms with Gasteiger partial charge in [0.2, 0.25) is 0 Å². The zero-order valence-electron chi connectivity index (χ0n) is 14.5. The number of hydrogen-bond acceptors (Lipinski definition) is 4.